The molecule has 2 aliphatic rings. The van der Waals surface area contributed by atoms with Crippen LogP contribution in [-0.2, 0) is 4.79 Å². The maximum Gasteiger partial charge on any atom is 0.237 e. The summed E-state index contributed by atoms with van der Waals surface area (Å²) in [5, 5.41) is 16.2. The van der Waals surface area contributed by atoms with Crippen molar-refractivity contribution in [3.05, 3.63) is 0 Å². The van der Waals surface area contributed by atoms with Crippen LogP contribution in [0.25, 0.3) is 0 Å². The summed E-state index contributed by atoms with van der Waals surface area (Å²) in [6.07, 6.45) is 5.69. The zero-order valence-electron chi connectivity index (χ0n) is 9.61. The maximum atomic E-state index is 11.9. The van der Waals surface area contributed by atoms with Gasteiger partial charge < -0.3 is 15.7 Å². The van der Waals surface area contributed by atoms with Crippen LogP contribution in [0.3, 0.4) is 0 Å². The highest BCUT2D eigenvalue weighted by molar-refractivity contribution is 7.99. The average molecular weight is 244 g/mol. The Balaban J connectivity index is 1.75. The van der Waals surface area contributed by atoms with E-state index in [2.05, 4.69) is 16.9 Å². The Labute approximate surface area is 101 Å². The average Bonchev–Trinajstić information content (AvgIpc) is 2.87. The fourth-order valence-corrected chi connectivity index (χ4v) is 3.30. The molecule has 2 fully saturated rings. The number of nitrogens with one attached hydrogen (secondary N) is 2. The van der Waals surface area contributed by atoms with Crippen molar-refractivity contribution in [3.8, 4) is 0 Å². The Morgan fingerprint density at radius 3 is 2.81 bits per heavy atom. The first-order valence-electron chi connectivity index (χ1n) is 5.93. The number of rotatable bonds is 3. The molecule has 1 aliphatic heterocycles. The lowest BCUT2D eigenvalue weighted by molar-refractivity contribution is -0.123. The first-order valence-corrected chi connectivity index (χ1v) is 7.22. The topological polar surface area (TPSA) is 61.4 Å². The van der Waals surface area contributed by atoms with Crippen molar-refractivity contribution in [2.24, 2.45) is 0 Å². The number of aliphatic hydroxyl groups excluding tert-OH is 1. The minimum Gasteiger partial charge on any atom is -0.392 e. The fraction of sp³-hybridized carbons (Fsp3) is 0.909. The summed E-state index contributed by atoms with van der Waals surface area (Å²) in [5.41, 5.74) is 0. The molecule has 4 unspecified atom stereocenters. The maximum absolute atomic E-state index is 11.9. The molecule has 92 valence electrons. The van der Waals surface area contributed by atoms with Crippen LogP contribution in [0.4, 0.5) is 0 Å². The third-order valence-electron chi connectivity index (χ3n) is 3.49. The van der Waals surface area contributed by atoms with E-state index in [0.717, 1.165) is 12.8 Å². The molecular weight excluding hydrogens is 224 g/mol. The van der Waals surface area contributed by atoms with Gasteiger partial charge in [0.25, 0.3) is 0 Å². The number of carbonyl (C=O) groups is 1. The van der Waals surface area contributed by atoms with Crippen LogP contribution in [0.1, 0.15) is 25.7 Å². The van der Waals surface area contributed by atoms with E-state index in [1.165, 1.54) is 6.42 Å². The third-order valence-corrected chi connectivity index (χ3v) is 4.58. The zero-order valence-corrected chi connectivity index (χ0v) is 10.4. The van der Waals surface area contributed by atoms with Crippen LogP contribution in [0, 0.1) is 0 Å². The van der Waals surface area contributed by atoms with Crippen molar-refractivity contribution in [2.45, 2.75) is 49.1 Å². The minimum absolute atomic E-state index is 0.0586. The molecule has 0 spiro atoms. The molecular formula is C11H20N2O2S. The first-order chi connectivity index (χ1) is 7.69. The molecule has 1 heterocycles. The van der Waals surface area contributed by atoms with Crippen LogP contribution >= 0.6 is 11.8 Å². The van der Waals surface area contributed by atoms with Crippen LogP contribution in [-0.4, -0.2) is 47.3 Å². The molecule has 0 aromatic rings. The first kappa shape index (κ1) is 12.2. The lowest BCUT2D eigenvalue weighted by Gasteiger charge is -2.16. The van der Waals surface area contributed by atoms with Gasteiger partial charge in [0.1, 0.15) is 0 Å². The van der Waals surface area contributed by atoms with E-state index in [4.69, 9.17) is 0 Å². The minimum atomic E-state index is -0.363. The zero-order chi connectivity index (χ0) is 11.5. The van der Waals surface area contributed by atoms with Crippen LogP contribution < -0.4 is 10.6 Å². The van der Waals surface area contributed by atoms with Gasteiger partial charge in [0, 0.05) is 17.8 Å². The molecule has 4 nitrogen and oxygen atoms in total. The number of thioether (sulfide) groups is 1. The standard InChI is InChI=1S/C11H20N2O2S/c1-16-9-3-2-7(4-9)13-11(15)10-5-8(14)6-12-10/h7-10,12,14H,2-6H2,1H3,(H,13,15). The van der Waals surface area contributed by atoms with Crippen LogP contribution in [0.2, 0.25) is 0 Å². The van der Waals surface area contributed by atoms with Gasteiger partial charge >= 0.3 is 0 Å². The predicted molar refractivity (Wildman–Crippen MR) is 65.5 cm³/mol. The van der Waals surface area contributed by atoms with Crippen LogP contribution in [0.15, 0.2) is 0 Å². The molecule has 4 atom stereocenters. The highest BCUT2D eigenvalue weighted by atomic mass is 32.2. The Bertz CT molecular complexity index is 262. The molecule has 16 heavy (non-hydrogen) atoms. The van der Waals surface area contributed by atoms with Crippen LogP contribution in [0.5, 0.6) is 0 Å². The molecule has 0 aromatic heterocycles. The summed E-state index contributed by atoms with van der Waals surface area (Å²) in [7, 11) is 0. The Morgan fingerprint density at radius 2 is 2.25 bits per heavy atom. The van der Waals surface area contributed by atoms with Crippen molar-refractivity contribution >= 4 is 17.7 Å². The summed E-state index contributed by atoms with van der Waals surface area (Å²) in [6, 6.07) is 0.146. The molecule has 3 N–H and O–H groups in total. The summed E-state index contributed by atoms with van der Waals surface area (Å²) in [6.45, 7) is 0.538. The molecule has 1 aliphatic carbocycles. The lowest BCUT2D eigenvalue weighted by atomic mass is 10.1. The molecule has 0 radical (unpaired) electrons. The van der Waals surface area contributed by atoms with Gasteiger partial charge in [-0.3, -0.25) is 4.79 Å². The fourth-order valence-electron chi connectivity index (χ4n) is 2.50. The second-order valence-corrected chi connectivity index (χ2v) is 5.86. The number of carbonyl (C=O) groups excluding carboxylic acids is 1. The van der Waals surface area contributed by atoms with Crippen molar-refractivity contribution in [1.29, 1.82) is 0 Å². The number of hydrogen-bond donors (Lipinski definition) is 3. The second kappa shape index (κ2) is 5.38. The smallest absolute Gasteiger partial charge is 0.237 e. The van der Waals surface area contributed by atoms with Crippen molar-refractivity contribution in [2.75, 3.05) is 12.8 Å². The Morgan fingerprint density at radius 1 is 1.44 bits per heavy atom. The van der Waals surface area contributed by atoms with Crippen molar-refractivity contribution in [3.63, 3.8) is 0 Å². The van der Waals surface area contributed by atoms with E-state index in [9.17, 15) is 9.90 Å². The third kappa shape index (κ3) is 2.90. The van der Waals surface area contributed by atoms with E-state index in [0.29, 0.717) is 24.3 Å². The molecule has 1 saturated heterocycles. The lowest BCUT2D eigenvalue weighted by Crippen LogP contribution is -2.44. The highest BCUT2D eigenvalue weighted by Crippen LogP contribution is 2.28. The van der Waals surface area contributed by atoms with Gasteiger partial charge in [-0.05, 0) is 31.9 Å². The summed E-state index contributed by atoms with van der Waals surface area (Å²) < 4.78 is 0. The molecule has 0 aromatic carbocycles. The quantitative estimate of drug-likeness (QED) is 0.659. The highest BCUT2D eigenvalue weighted by Gasteiger charge is 2.31. The molecule has 1 amide bonds. The van der Waals surface area contributed by atoms with E-state index >= 15 is 0 Å². The normalized spacial score (nSPS) is 38.9. The number of β-amino-alcohol motifs (C(OH)–C–C–N with tert-alkyl or cyclic N) is 1. The molecule has 0 bridgehead atoms. The second-order valence-electron chi connectivity index (χ2n) is 4.73. The van der Waals surface area contributed by atoms with Gasteiger partial charge in [-0.15, -0.1) is 0 Å². The van der Waals surface area contributed by atoms with Gasteiger partial charge in [0.2, 0.25) is 5.91 Å². The van der Waals surface area contributed by atoms with E-state index in [-0.39, 0.29) is 18.1 Å². The molecule has 1 saturated carbocycles. The van der Waals surface area contributed by atoms with Gasteiger partial charge in [-0.25, -0.2) is 0 Å². The van der Waals surface area contributed by atoms with Gasteiger partial charge in [-0.1, -0.05) is 0 Å². The van der Waals surface area contributed by atoms with Crippen molar-refractivity contribution in [1.82, 2.24) is 10.6 Å². The number of aliphatic hydroxyl groups is 1. The van der Waals surface area contributed by atoms with E-state index in [1.54, 1.807) is 0 Å². The number of amides is 1. The largest absolute Gasteiger partial charge is 0.392 e. The van der Waals surface area contributed by atoms with Crippen molar-refractivity contribution < 1.29 is 9.90 Å². The molecule has 2 rings (SSSR count). The van der Waals surface area contributed by atoms with Gasteiger partial charge in [-0.2, -0.15) is 11.8 Å². The van der Waals surface area contributed by atoms with Gasteiger partial charge in [0.05, 0.1) is 12.1 Å². The summed E-state index contributed by atoms with van der Waals surface area (Å²) in [5.74, 6) is 0.0586. The van der Waals surface area contributed by atoms with E-state index < -0.39 is 0 Å². The monoisotopic (exact) mass is 244 g/mol. The summed E-state index contributed by atoms with van der Waals surface area (Å²) >= 11 is 1.89. The Hall–Kier alpha value is -0.260. The Kier molecular flexibility index (Phi) is 4.10. The SMILES string of the molecule is CSC1CCC(NC(=O)C2CC(O)CN2)C1. The predicted octanol–water partition coefficient (Wildman–Crippen LogP) is 0.109. The molecule has 5 heteroatoms. The number of hydrogen-bond acceptors (Lipinski definition) is 4. The summed E-state index contributed by atoms with van der Waals surface area (Å²) in [4.78, 5) is 11.9. The van der Waals surface area contributed by atoms with E-state index in [1.807, 2.05) is 11.8 Å². The van der Waals surface area contributed by atoms with Gasteiger partial charge in [0.15, 0.2) is 0 Å².